The lowest BCUT2D eigenvalue weighted by atomic mass is 10.0. The highest BCUT2D eigenvalue weighted by Crippen LogP contribution is 2.37. The molecule has 0 fully saturated rings. The first-order chi connectivity index (χ1) is 9.38. The molecule has 20 heavy (non-hydrogen) atoms. The van der Waals surface area contributed by atoms with Gasteiger partial charge in [-0.3, -0.25) is 9.59 Å². The van der Waals surface area contributed by atoms with Crippen LogP contribution in [0.3, 0.4) is 0 Å². The fourth-order valence-electron chi connectivity index (χ4n) is 2.09. The normalized spacial score (nSPS) is 10.4. The molecule has 0 spiro atoms. The molecule has 0 radical (unpaired) electrons. The topological polar surface area (TPSA) is 52.6 Å². The third-order valence-corrected chi connectivity index (χ3v) is 2.95. The van der Waals surface area contributed by atoms with Crippen LogP contribution in [0.5, 0.6) is 11.5 Å². The summed E-state index contributed by atoms with van der Waals surface area (Å²) in [6.07, 6.45) is 0. The number of aryl methyl sites for hydroxylation is 1. The molecule has 2 aromatic rings. The van der Waals surface area contributed by atoms with Crippen molar-refractivity contribution in [1.29, 1.82) is 0 Å². The first-order valence-electron chi connectivity index (χ1n) is 6.29. The van der Waals surface area contributed by atoms with Crippen LogP contribution in [-0.2, 0) is 9.59 Å². The van der Waals surface area contributed by atoms with Gasteiger partial charge >= 0.3 is 11.9 Å². The summed E-state index contributed by atoms with van der Waals surface area (Å²) in [5.74, 6) is 0.0317. The maximum atomic E-state index is 11.3. The van der Waals surface area contributed by atoms with E-state index in [9.17, 15) is 9.59 Å². The van der Waals surface area contributed by atoms with Crippen LogP contribution in [0.15, 0.2) is 24.3 Å². The van der Waals surface area contributed by atoms with E-state index in [-0.39, 0.29) is 0 Å². The number of rotatable bonds is 2. The molecule has 0 N–H and O–H groups in total. The monoisotopic (exact) mass is 272 g/mol. The van der Waals surface area contributed by atoms with Crippen LogP contribution < -0.4 is 9.47 Å². The zero-order valence-corrected chi connectivity index (χ0v) is 11.9. The first kappa shape index (κ1) is 14.1. The smallest absolute Gasteiger partial charge is 0.308 e. The lowest BCUT2D eigenvalue weighted by Gasteiger charge is -2.14. The summed E-state index contributed by atoms with van der Waals surface area (Å²) < 4.78 is 10.5. The molecule has 0 aliphatic heterocycles. The summed E-state index contributed by atoms with van der Waals surface area (Å²) >= 11 is 0. The zero-order valence-electron chi connectivity index (χ0n) is 11.9. The van der Waals surface area contributed by atoms with Crippen molar-refractivity contribution in [3.05, 3.63) is 35.4 Å². The minimum Gasteiger partial charge on any atom is -0.426 e. The van der Waals surface area contributed by atoms with E-state index < -0.39 is 11.9 Å². The number of benzene rings is 2. The second kappa shape index (κ2) is 5.33. The Kier molecular flexibility index (Phi) is 3.74. The van der Waals surface area contributed by atoms with Gasteiger partial charge in [0.15, 0.2) is 0 Å². The number of carbonyl (C=O) groups excluding carboxylic acids is 2. The van der Waals surface area contributed by atoms with Gasteiger partial charge in [0.05, 0.1) is 0 Å². The van der Waals surface area contributed by atoms with Crippen LogP contribution in [-0.4, -0.2) is 11.9 Å². The zero-order chi connectivity index (χ0) is 14.9. The van der Waals surface area contributed by atoms with Crippen molar-refractivity contribution < 1.29 is 19.1 Å². The molecule has 0 bridgehead atoms. The highest BCUT2D eigenvalue weighted by molar-refractivity contribution is 5.94. The predicted octanol–water partition coefficient (Wildman–Crippen LogP) is 3.31. The number of hydrogen-bond donors (Lipinski definition) is 0. The number of fused-ring (bicyclic) bond motifs is 1. The molecule has 0 aliphatic rings. The number of esters is 2. The minimum absolute atomic E-state index is 0.407. The maximum absolute atomic E-state index is 11.3. The molecule has 0 atom stereocenters. The van der Waals surface area contributed by atoms with Gasteiger partial charge in [-0.15, -0.1) is 0 Å². The Hall–Kier alpha value is -2.36. The maximum Gasteiger partial charge on any atom is 0.308 e. The third-order valence-electron chi connectivity index (χ3n) is 2.95. The Morgan fingerprint density at radius 3 is 2.20 bits per heavy atom. The summed E-state index contributed by atoms with van der Waals surface area (Å²) in [4.78, 5) is 22.5. The fraction of sp³-hybridized carbons (Fsp3) is 0.250. The van der Waals surface area contributed by atoms with E-state index in [0.717, 1.165) is 16.3 Å². The molecule has 4 heteroatoms. The number of hydrogen-bond acceptors (Lipinski definition) is 4. The summed E-state index contributed by atoms with van der Waals surface area (Å²) in [5.41, 5.74) is 1.69. The molecule has 0 saturated heterocycles. The van der Waals surface area contributed by atoms with Crippen LogP contribution in [0.1, 0.15) is 25.0 Å². The van der Waals surface area contributed by atoms with E-state index in [0.29, 0.717) is 17.1 Å². The largest absolute Gasteiger partial charge is 0.426 e. The van der Waals surface area contributed by atoms with E-state index in [1.807, 2.05) is 25.1 Å². The molecule has 2 aromatic carbocycles. The molecular weight excluding hydrogens is 256 g/mol. The Balaban J connectivity index is 2.73. The summed E-state index contributed by atoms with van der Waals surface area (Å²) in [7, 11) is 0. The first-order valence-corrected chi connectivity index (χ1v) is 6.29. The van der Waals surface area contributed by atoms with Gasteiger partial charge in [-0.2, -0.15) is 0 Å². The van der Waals surface area contributed by atoms with Gasteiger partial charge in [0.1, 0.15) is 11.5 Å². The molecule has 4 nitrogen and oxygen atoms in total. The molecular formula is C16H16O4. The fourth-order valence-corrected chi connectivity index (χ4v) is 2.09. The minimum atomic E-state index is -0.409. The van der Waals surface area contributed by atoms with Gasteiger partial charge in [0.2, 0.25) is 0 Å². The van der Waals surface area contributed by atoms with Crippen LogP contribution in [0.4, 0.5) is 0 Å². The van der Waals surface area contributed by atoms with Crippen LogP contribution in [0.25, 0.3) is 10.8 Å². The Morgan fingerprint density at radius 2 is 1.60 bits per heavy atom. The molecule has 0 unspecified atom stereocenters. The summed E-state index contributed by atoms with van der Waals surface area (Å²) in [5, 5.41) is 1.68. The van der Waals surface area contributed by atoms with Crippen molar-refractivity contribution in [1.82, 2.24) is 0 Å². The summed E-state index contributed by atoms with van der Waals surface area (Å²) in [6.45, 7) is 6.41. The van der Waals surface area contributed by atoms with Crippen molar-refractivity contribution in [2.75, 3.05) is 0 Å². The number of ether oxygens (including phenoxy) is 2. The lowest BCUT2D eigenvalue weighted by molar-refractivity contribution is -0.132. The van der Waals surface area contributed by atoms with Gasteiger partial charge in [-0.05, 0) is 31.4 Å². The third kappa shape index (κ3) is 2.79. The predicted molar refractivity (Wildman–Crippen MR) is 76.0 cm³/mol. The second-order valence-corrected chi connectivity index (χ2v) is 4.74. The Labute approximate surface area is 117 Å². The standard InChI is InChI=1S/C16H16O4/c1-9-5-6-13-8-15(19-11(3)17)10(2)16(14(13)7-9)20-12(4)18/h5-8H,1-4H3. The van der Waals surface area contributed by atoms with Crippen LogP contribution in [0, 0.1) is 13.8 Å². The molecule has 2 rings (SSSR count). The number of carbonyl (C=O) groups is 2. The average Bonchev–Trinajstić information content (AvgIpc) is 2.34. The van der Waals surface area contributed by atoms with E-state index in [2.05, 4.69) is 0 Å². The van der Waals surface area contributed by atoms with Crippen LogP contribution in [0.2, 0.25) is 0 Å². The molecule has 0 heterocycles. The Bertz CT molecular complexity index is 701. The SMILES string of the molecule is CC(=O)Oc1cc2ccc(C)cc2c(OC(C)=O)c1C. The van der Waals surface area contributed by atoms with Crippen molar-refractivity contribution in [2.24, 2.45) is 0 Å². The van der Waals surface area contributed by atoms with Gasteiger partial charge in [-0.25, -0.2) is 0 Å². The molecule has 0 saturated carbocycles. The van der Waals surface area contributed by atoms with Crippen molar-refractivity contribution in [3.63, 3.8) is 0 Å². The van der Waals surface area contributed by atoms with Crippen molar-refractivity contribution in [2.45, 2.75) is 27.7 Å². The van der Waals surface area contributed by atoms with Gasteiger partial charge < -0.3 is 9.47 Å². The van der Waals surface area contributed by atoms with Crippen LogP contribution >= 0.6 is 0 Å². The van der Waals surface area contributed by atoms with Gasteiger partial charge in [-0.1, -0.05) is 17.7 Å². The quantitative estimate of drug-likeness (QED) is 0.621. The van der Waals surface area contributed by atoms with Gasteiger partial charge in [0, 0.05) is 24.8 Å². The van der Waals surface area contributed by atoms with Gasteiger partial charge in [0.25, 0.3) is 0 Å². The highest BCUT2D eigenvalue weighted by Gasteiger charge is 2.15. The molecule has 0 aromatic heterocycles. The molecule has 0 amide bonds. The average molecular weight is 272 g/mol. The van der Waals surface area contributed by atoms with Crippen molar-refractivity contribution >= 4 is 22.7 Å². The lowest BCUT2D eigenvalue weighted by Crippen LogP contribution is -2.07. The molecule has 0 aliphatic carbocycles. The van der Waals surface area contributed by atoms with E-state index in [4.69, 9.17) is 9.47 Å². The summed E-state index contributed by atoms with van der Waals surface area (Å²) in [6, 6.07) is 7.58. The Morgan fingerprint density at radius 1 is 0.950 bits per heavy atom. The molecule has 104 valence electrons. The van der Waals surface area contributed by atoms with E-state index in [1.165, 1.54) is 13.8 Å². The van der Waals surface area contributed by atoms with Crippen molar-refractivity contribution in [3.8, 4) is 11.5 Å². The second-order valence-electron chi connectivity index (χ2n) is 4.74. The van der Waals surface area contributed by atoms with E-state index in [1.54, 1.807) is 13.0 Å². The van der Waals surface area contributed by atoms with E-state index >= 15 is 0 Å². The highest BCUT2D eigenvalue weighted by atomic mass is 16.5.